The van der Waals surface area contributed by atoms with Gasteiger partial charge in [0.1, 0.15) is 11.9 Å². The van der Waals surface area contributed by atoms with Crippen molar-refractivity contribution in [2.45, 2.75) is 13.0 Å². The molecule has 0 bridgehead atoms. The Morgan fingerprint density at radius 1 is 1.26 bits per heavy atom. The highest BCUT2D eigenvalue weighted by Gasteiger charge is 2.30. The van der Waals surface area contributed by atoms with Gasteiger partial charge in [0, 0.05) is 18.0 Å². The molecule has 0 aromatic carbocycles. The Morgan fingerprint density at radius 3 is 2.68 bits per heavy atom. The summed E-state index contributed by atoms with van der Waals surface area (Å²) in [6, 6.07) is 3.80. The Labute approximate surface area is 116 Å². The van der Waals surface area contributed by atoms with E-state index in [-0.39, 0.29) is 6.10 Å². The van der Waals surface area contributed by atoms with Gasteiger partial charge in [0.05, 0.1) is 30.5 Å². The zero-order chi connectivity index (χ0) is 13.2. The van der Waals surface area contributed by atoms with E-state index in [1.165, 1.54) is 0 Å². The molecule has 0 saturated carbocycles. The van der Waals surface area contributed by atoms with Crippen molar-refractivity contribution >= 4 is 17.5 Å². The third-order valence-electron chi connectivity index (χ3n) is 2.91. The Hall–Kier alpha value is -1.88. The van der Waals surface area contributed by atoms with E-state index < -0.39 is 0 Å². The summed E-state index contributed by atoms with van der Waals surface area (Å²) < 4.78 is 5.84. The molecule has 1 fully saturated rings. The first-order valence-electron chi connectivity index (χ1n) is 6.02. The normalized spacial score (nSPS) is 15.2. The summed E-state index contributed by atoms with van der Waals surface area (Å²) in [6.07, 6.45) is 5.12. The summed E-state index contributed by atoms with van der Waals surface area (Å²) in [5.74, 6) is 1.55. The fraction of sp³-hybridized carbons (Fsp3) is 0.308. The predicted octanol–water partition coefficient (Wildman–Crippen LogP) is 2.10. The third kappa shape index (κ3) is 2.76. The van der Waals surface area contributed by atoms with Crippen molar-refractivity contribution in [2.24, 2.45) is 0 Å². The van der Waals surface area contributed by atoms with E-state index >= 15 is 0 Å². The highest BCUT2D eigenvalue weighted by atomic mass is 35.5. The highest BCUT2D eigenvalue weighted by Crippen LogP contribution is 2.21. The molecule has 1 saturated heterocycles. The van der Waals surface area contributed by atoms with Crippen LogP contribution < -0.4 is 9.64 Å². The topological polar surface area (TPSA) is 51.1 Å². The van der Waals surface area contributed by atoms with Gasteiger partial charge in [0.25, 0.3) is 0 Å². The lowest BCUT2D eigenvalue weighted by atomic mass is 10.2. The fourth-order valence-electron chi connectivity index (χ4n) is 1.93. The van der Waals surface area contributed by atoms with E-state index in [1.807, 2.05) is 19.1 Å². The molecule has 0 atom stereocenters. The lowest BCUT2D eigenvalue weighted by Gasteiger charge is -2.38. The number of halogens is 1. The molecule has 6 heteroatoms. The molecule has 0 radical (unpaired) electrons. The van der Waals surface area contributed by atoms with Crippen LogP contribution in [0.1, 0.15) is 5.69 Å². The summed E-state index contributed by atoms with van der Waals surface area (Å²) in [5.41, 5.74) is 0.953. The van der Waals surface area contributed by atoms with E-state index in [2.05, 4.69) is 19.9 Å². The van der Waals surface area contributed by atoms with Crippen molar-refractivity contribution in [1.82, 2.24) is 15.0 Å². The summed E-state index contributed by atoms with van der Waals surface area (Å²) in [4.78, 5) is 14.5. The van der Waals surface area contributed by atoms with E-state index in [1.54, 1.807) is 18.6 Å². The quantitative estimate of drug-likeness (QED) is 0.859. The molecule has 1 aliphatic heterocycles. The molecule has 1 aliphatic rings. The van der Waals surface area contributed by atoms with Gasteiger partial charge in [-0.05, 0) is 13.0 Å². The van der Waals surface area contributed by atoms with Crippen molar-refractivity contribution in [3.63, 3.8) is 0 Å². The van der Waals surface area contributed by atoms with E-state index in [9.17, 15) is 0 Å². The van der Waals surface area contributed by atoms with Gasteiger partial charge in [-0.15, -0.1) is 0 Å². The van der Waals surface area contributed by atoms with Gasteiger partial charge in [-0.3, -0.25) is 4.98 Å². The number of hydrogen-bond acceptors (Lipinski definition) is 5. The molecule has 3 rings (SSSR count). The molecule has 3 heterocycles. The average Bonchev–Trinajstić information content (AvgIpc) is 2.35. The first-order valence-corrected chi connectivity index (χ1v) is 6.40. The molecule has 0 N–H and O–H groups in total. The maximum absolute atomic E-state index is 5.84. The lowest BCUT2D eigenvalue weighted by molar-refractivity contribution is 0.166. The standard InChI is InChI=1S/C13H13ClN4O/c1-9-4-11(2-3-15-9)19-12-7-18(8-12)13-16-5-10(14)6-17-13/h2-6,12H,7-8H2,1H3. The van der Waals surface area contributed by atoms with Gasteiger partial charge < -0.3 is 9.64 Å². The van der Waals surface area contributed by atoms with Gasteiger partial charge >= 0.3 is 0 Å². The van der Waals surface area contributed by atoms with E-state index in [4.69, 9.17) is 16.3 Å². The summed E-state index contributed by atoms with van der Waals surface area (Å²) in [6.45, 7) is 3.51. The summed E-state index contributed by atoms with van der Waals surface area (Å²) in [5, 5.41) is 0.546. The SMILES string of the molecule is Cc1cc(OC2CN(c3ncc(Cl)cn3)C2)ccn1. The molecule has 98 valence electrons. The molecule has 2 aromatic heterocycles. The first kappa shape index (κ1) is 12.2. The van der Waals surface area contributed by atoms with E-state index in [0.29, 0.717) is 11.0 Å². The number of pyridine rings is 1. The van der Waals surface area contributed by atoms with Crippen LogP contribution in [0.5, 0.6) is 5.75 Å². The van der Waals surface area contributed by atoms with Crippen molar-refractivity contribution in [3.05, 3.63) is 41.4 Å². The first-order chi connectivity index (χ1) is 9.20. The number of aromatic nitrogens is 3. The highest BCUT2D eigenvalue weighted by molar-refractivity contribution is 6.30. The van der Waals surface area contributed by atoms with Crippen LogP contribution in [-0.4, -0.2) is 34.1 Å². The van der Waals surface area contributed by atoms with Gasteiger partial charge in [-0.25, -0.2) is 9.97 Å². The maximum Gasteiger partial charge on any atom is 0.225 e. The molecule has 0 unspecified atom stereocenters. The molecule has 5 nitrogen and oxygen atoms in total. The van der Waals surface area contributed by atoms with Gasteiger partial charge in [0.15, 0.2) is 0 Å². The Morgan fingerprint density at radius 2 is 2.00 bits per heavy atom. The molecular weight excluding hydrogens is 264 g/mol. The zero-order valence-corrected chi connectivity index (χ0v) is 11.2. The summed E-state index contributed by atoms with van der Waals surface area (Å²) >= 11 is 5.75. The van der Waals surface area contributed by atoms with Crippen molar-refractivity contribution < 1.29 is 4.74 Å². The van der Waals surface area contributed by atoms with Gasteiger partial charge in [0.2, 0.25) is 5.95 Å². The van der Waals surface area contributed by atoms with E-state index in [0.717, 1.165) is 24.5 Å². The van der Waals surface area contributed by atoms with Gasteiger partial charge in [-0.2, -0.15) is 0 Å². The Bertz CT molecular complexity index is 569. The number of aryl methyl sites for hydroxylation is 1. The Kier molecular flexibility index (Phi) is 3.21. The predicted molar refractivity (Wildman–Crippen MR) is 72.6 cm³/mol. The van der Waals surface area contributed by atoms with Crippen LogP contribution in [0, 0.1) is 6.92 Å². The Balaban J connectivity index is 1.57. The second kappa shape index (κ2) is 5.01. The fourth-order valence-corrected chi connectivity index (χ4v) is 2.03. The number of rotatable bonds is 3. The number of ether oxygens (including phenoxy) is 1. The van der Waals surface area contributed by atoms with Crippen LogP contribution in [0.2, 0.25) is 5.02 Å². The van der Waals surface area contributed by atoms with Gasteiger partial charge in [-0.1, -0.05) is 11.6 Å². The van der Waals surface area contributed by atoms with Crippen molar-refractivity contribution in [1.29, 1.82) is 0 Å². The zero-order valence-electron chi connectivity index (χ0n) is 10.5. The number of hydrogen-bond donors (Lipinski definition) is 0. The lowest BCUT2D eigenvalue weighted by Crippen LogP contribution is -2.54. The molecule has 0 amide bonds. The van der Waals surface area contributed by atoms with Crippen molar-refractivity contribution in [3.8, 4) is 5.75 Å². The van der Waals surface area contributed by atoms with Crippen LogP contribution >= 0.6 is 11.6 Å². The smallest absolute Gasteiger partial charge is 0.225 e. The summed E-state index contributed by atoms with van der Waals surface area (Å²) in [7, 11) is 0. The minimum absolute atomic E-state index is 0.168. The number of nitrogens with zero attached hydrogens (tertiary/aromatic N) is 4. The minimum atomic E-state index is 0.168. The molecule has 0 spiro atoms. The molecular formula is C13H13ClN4O. The van der Waals surface area contributed by atoms with Crippen LogP contribution in [0.3, 0.4) is 0 Å². The largest absolute Gasteiger partial charge is 0.487 e. The monoisotopic (exact) mass is 276 g/mol. The third-order valence-corrected chi connectivity index (χ3v) is 3.10. The van der Waals surface area contributed by atoms with Crippen LogP contribution in [0.25, 0.3) is 0 Å². The molecule has 2 aromatic rings. The molecule has 0 aliphatic carbocycles. The van der Waals surface area contributed by atoms with Crippen LogP contribution in [-0.2, 0) is 0 Å². The second-order valence-electron chi connectivity index (χ2n) is 4.48. The molecule has 19 heavy (non-hydrogen) atoms. The van der Waals surface area contributed by atoms with Crippen LogP contribution in [0.15, 0.2) is 30.7 Å². The van der Waals surface area contributed by atoms with Crippen molar-refractivity contribution in [2.75, 3.05) is 18.0 Å². The minimum Gasteiger partial charge on any atom is -0.487 e. The maximum atomic E-state index is 5.84. The average molecular weight is 277 g/mol. The second-order valence-corrected chi connectivity index (χ2v) is 4.92. The van der Waals surface area contributed by atoms with Crippen LogP contribution in [0.4, 0.5) is 5.95 Å². The number of anilines is 1.